The SMILES string of the molecule is COc1ccc(CN2C(=O)/C(=C/C3=Cc4ccccc4OC3)SC2=S)cc1. The number of thioether (sulfide) groups is 1. The molecule has 4 nitrogen and oxygen atoms in total. The van der Waals surface area contributed by atoms with Crippen molar-refractivity contribution in [2.45, 2.75) is 6.54 Å². The van der Waals surface area contributed by atoms with E-state index in [0.717, 1.165) is 28.2 Å². The number of nitrogens with zero attached hydrogens (tertiary/aromatic N) is 1. The summed E-state index contributed by atoms with van der Waals surface area (Å²) in [5, 5.41) is 0. The molecule has 0 radical (unpaired) electrons. The molecule has 0 aromatic heterocycles. The smallest absolute Gasteiger partial charge is 0.266 e. The highest BCUT2D eigenvalue weighted by atomic mass is 32.2. The van der Waals surface area contributed by atoms with Crippen molar-refractivity contribution in [2.24, 2.45) is 0 Å². The summed E-state index contributed by atoms with van der Waals surface area (Å²) in [5.74, 6) is 1.58. The maximum Gasteiger partial charge on any atom is 0.266 e. The second kappa shape index (κ2) is 7.58. The van der Waals surface area contributed by atoms with Crippen LogP contribution in [0.25, 0.3) is 6.08 Å². The lowest BCUT2D eigenvalue weighted by Gasteiger charge is -2.16. The Hall–Kier alpha value is -2.57. The fourth-order valence-electron chi connectivity index (χ4n) is 2.94. The molecule has 1 amide bonds. The molecule has 2 aromatic carbocycles. The lowest BCUT2D eigenvalue weighted by Crippen LogP contribution is -2.27. The Kier molecular flexibility index (Phi) is 5.01. The van der Waals surface area contributed by atoms with Crippen LogP contribution in [0.4, 0.5) is 0 Å². The quantitative estimate of drug-likeness (QED) is 0.566. The number of fused-ring (bicyclic) bond motifs is 1. The van der Waals surface area contributed by atoms with Gasteiger partial charge < -0.3 is 9.47 Å². The molecule has 1 fully saturated rings. The zero-order valence-electron chi connectivity index (χ0n) is 14.7. The van der Waals surface area contributed by atoms with E-state index < -0.39 is 0 Å². The average molecular weight is 396 g/mol. The molecule has 2 aliphatic rings. The number of carbonyl (C=O) groups excluding carboxylic acids is 1. The van der Waals surface area contributed by atoms with Gasteiger partial charge in [0.1, 0.15) is 22.4 Å². The van der Waals surface area contributed by atoms with Crippen LogP contribution in [0.3, 0.4) is 0 Å². The number of carbonyl (C=O) groups is 1. The van der Waals surface area contributed by atoms with Crippen LogP contribution >= 0.6 is 24.0 Å². The van der Waals surface area contributed by atoms with Crippen LogP contribution < -0.4 is 9.47 Å². The summed E-state index contributed by atoms with van der Waals surface area (Å²) in [6, 6.07) is 15.5. The third kappa shape index (κ3) is 3.77. The highest BCUT2D eigenvalue weighted by Crippen LogP contribution is 2.34. The summed E-state index contributed by atoms with van der Waals surface area (Å²) >= 11 is 6.76. The first-order valence-corrected chi connectivity index (χ1v) is 9.67. The Bertz CT molecular complexity index is 964. The van der Waals surface area contributed by atoms with Crippen LogP contribution in [0.15, 0.2) is 65.1 Å². The monoisotopic (exact) mass is 395 g/mol. The van der Waals surface area contributed by atoms with Gasteiger partial charge in [-0.1, -0.05) is 54.3 Å². The zero-order valence-corrected chi connectivity index (χ0v) is 16.3. The highest BCUT2D eigenvalue weighted by Gasteiger charge is 2.32. The minimum atomic E-state index is -0.0689. The lowest BCUT2D eigenvalue weighted by molar-refractivity contribution is -0.122. The van der Waals surface area contributed by atoms with Gasteiger partial charge >= 0.3 is 0 Å². The van der Waals surface area contributed by atoms with Gasteiger partial charge in [0.05, 0.1) is 18.6 Å². The number of hydrogen-bond donors (Lipinski definition) is 0. The normalized spacial score (nSPS) is 17.6. The van der Waals surface area contributed by atoms with Crippen LogP contribution in [-0.4, -0.2) is 28.8 Å². The molecule has 4 rings (SSSR count). The van der Waals surface area contributed by atoms with Gasteiger partial charge in [0.2, 0.25) is 0 Å². The largest absolute Gasteiger partial charge is 0.497 e. The van der Waals surface area contributed by atoms with Gasteiger partial charge in [0, 0.05) is 5.56 Å². The molecule has 0 N–H and O–H groups in total. The van der Waals surface area contributed by atoms with E-state index in [4.69, 9.17) is 21.7 Å². The topological polar surface area (TPSA) is 38.8 Å². The minimum absolute atomic E-state index is 0.0689. The molecular weight excluding hydrogens is 378 g/mol. The number of benzene rings is 2. The molecule has 0 unspecified atom stereocenters. The molecule has 0 saturated carbocycles. The van der Waals surface area contributed by atoms with E-state index in [1.807, 2.05) is 54.6 Å². The summed E-state index contributed by atoms with van der Waals surface area (Å²) in [6.45, 7) is 0.893. The van der Waals surface area contributed by atoms with E-state index in [1.165, 1.54) is 11.8 Å². The van der Waals surface area contributed by atoms with Crippen molar-refractivity contribution in [2.75, 3.05) is 13.7 Å². The first-order chi connectivity index (χ1) is 13.1. The van der Waals surface area contributed by atoms with Crippen LogP contribution in [-0.2, 0) is 11.3 Å². The van der Waals surface area contributed by atoms with E-state index in [2.05, 4.69) is 6.08 Å². The number of methoxy groups -OCH3 is 1. The fourth-order valence-corrected chi connectivity index (χ4v) is 4.21. The van der Waals surface area contributed by atoms with Gasteiger partial charge in [0.15, 0.2) is 0 Å². The van der Waals surface area contributed by atoms with Gasteiger partial charge in [-0.15, -0.1) is 0 Å². The standard InChI is InChI=1S/C21H17NO3S2/c1-24-17-8-6-14(7-9-17)12-22-20(23)19(27-21(22)26)11-15-10-16-4-2-3-5-18(16)25-13-15/h2-11H,12-13H2,1H3/b19-11-. The molecule has 0 aliphatic carbocycles. The molecule has 6 heteroatoms. The number of thiocarbonyl (C=S) groups is 1. The first-order valence-electron chi connectivity index (χ1n) is 8.45. The number of para-hydroxylation sites is 1. The second-order valence-corrected chi connectivity index (χ2v) is 7.84. The summed E-state index contributed by atoms with van der Waals surface area (Å²) in [7, 11) is 1.63. The van der Waals surface area contributed by atoms with Crippen molar-refractivity contribution in [3.8, 4) is 11.5 Å². The fraction of sp³-hybridized carbons (Fsp3) is 0.143. The van der Waals surface area contributed by atoms with Gasteiger partial charge in [-0.05, 0) is 41.5 Å². The van der Waals surface area contributed by atoms with Gasteiger partial charge in [-0.25, -0.2) is 0 Å². The predicted molar refractivity (Wildman–Crippen MR) is 112 cm³/mol. The molecule has 136 valence electrons. The molecule has 0 spiro atoms. The maximum atomic E-state index is 12.8. The Balaban J connectivity index is 1.52. The molecular formula is C21H17NO3S2. The summed E-state index contributed by atoms with van der Waals surface area (Å²) in [5.41, 5.74) is 2.98. The van der Waals surface area contributed by atoms with Crippen LogP contribution in [0.5, 0.6) is 11.5 Å². The van der Waals surface area contributed by atoms with Crippen molar-refractivity contribution >= 4 is 40.3 Å². The van der Waals surface area contributed by atoms with Crippen molar-refractivity contribution in [3.05, 3.63) is 76.2 Å². The van der Waals surface area contributed by atoms with Crippen molar-refractivity contribution in [3.63, 3.8) is 0 Å². The first kappa shape index (κ1) is 17.8. The molecule has 2 heterocycles. The third-order valence-corrected chi connectivity index (χ3v) is 5.72. The minimum Gasteiger partial charge on any atom is -0.497 e. The Morgan fingerprint density at radius 3 is 2.78 bits per heavy atom. The molecule has 1 saturated heterocycles. The Morgan fingerprint density at radius 2 is 2.00 bits per heavy atom. The van der Waals surface area contributed by atoms with E-state index in [0.29, 0.717) is 22.4 Å². The molecule has 2 aliphatic heterocycles. The number of hydrogen-bond acceptors (Lipinski definition) is 5. The number of amides is 1. The van der Waals surface area contributed by atoms with Crippen molar-refractivity contribution in [1.82, 2.24) is 4.90 Å². The summed E-state index contributed by atoms with van der Waals surface area (Å²) in [6.07, 6.45) is 3.93. The maximum absolute atomic E-state index is 12.8. The highest BCUT2D eigenvalue weighted by molar-refractivity contribution is 8.26. The summed E-state index contributed by atoms with van der Waals surface area (Å²) in [4.78, 5) is 15.1. The Morgan fingerprint density at radius 1 is 1.22 bits per heavy atom. The van der Waals surface area contributed by atoms with E-state index in [9.17, 15) is 4.79 Å². The van der Waals surface area contributed by atoms with Gasteiger partial charge in [-0.2, -0.15) is 0 Å². The molecule has 2 aromatic rings. The third-order valence-electron chi connectivity index (χ3n) is 4.34. The zero-order chi connectivity index (χ0) is 18.8. The lowest BCUT2D eigenvalue weighted by atomic mass is 10.1. The second-order valence-electron chi connectivity index (χ2n) is 6.16. The number of rotatable bonds is 4. The Labute approximate surface area is 167 Å². The average Bonchev–Trinajstić information content (AvgIpc) is 2.96. The van der Waals surface area contributed by atoms with E-state index in [1.54, 1.807) is 12.0 Å². The van der Waals surface area contributed by atoms with Crippen molar-refractivity contribution in [1.29, 1.82) is 0 Å². The van der Waals surface area contributed by atoms with E-state index >= 15 is 0 Å². The molecule has 27 heavy (non-hydrogen) atoms. The van der Waals surface area contributed by atoms with Crippen molar-refractivity contribution < 1.29 is 14.3 Å². The molecule has 0 atom stereocenters. The summed E-state index contributed by atoms with van der Waals surface area (Å²) < 4.78 is 11.5. The van der Waals surface area contributed by atoms with E-state index in [-0.39, 0.29) is 5.91 Å². The van der Waals surface area contributed by atoms with Crippen LogP contribution in [0.2, 0.25) is 0 Å². The van der Waals surface area contributed by atoms with Gasteiger partial charge in [0.25, 0.3) is 5.91 Å². The van der Waals surface area contributed by atoms with Crippen LogP contribution in [0, 0.1) is 0 Å². The van der Waals surface area contributed by atoms with Crippen LogP contribution in [0.1, 0.15) is 11.1 Å². The number of ether oxygens (including phenoxy) is 2. The predicted octanol–water partition coefficient (Wildman–Crippen LogP) is 4.42. The molecule has 0 bridgehead atoms. The van der Waals surface area contributed by atoms with Gasteiger partial charge in [-0.3, -0.25) is 9.69 Å².